The first kappa shape index (κ1) is 15.0. The summed E-state index contributed by atoms with van der Waals surface area (Å²) in [5, 5.41) is 12.4. The molecule has 0 heterocycles. The van der Waals surface area contributed by atoms with Crippen molar-refractivity contribution in [1.29, 1.82) is 5.26 Å². The zero-order valence-electron chi connectivity index (χ0n) is 12.1. The van der Waals surface area contributed by atoms with Crippen LogP contribution < -0.4 is 10.1 Å². The highest BCUT2D eigenvalue weighted by atomic mass is 19.1. The van der Waals surface area contributed by atoms with Gasteiger partial charge in [-0.05, 0) is 42.3 Å². The van der Waals surface area contributed by atoms with E-state index in [1.54, 1.807) is 25.3 Å². The first-order chi connectivity index (χ1) is 10.1. The van der Waals surface area contributed by atoms with E-state index in [2.05, 4.69) is 11.4 Å². The Labute approximate surface area is 124 Å². The SMILES string of the molecule is COc1ccc(CNC(C)c2cccc(F)c2)cc1C#N. The lowest BCUT2D eigenvalue weighted by atomic mass is 10.1. The normalized spacial score (nSPS) is 11.7. The van der Waals surface area contributed by atoms with Gasteiger partial charge in [-0.3, -0.25) is 0 Å². The summed E-state index contributed by atoms with van der Waals surface area (Å²) < 4.78 is 18.3. The van der Waals surface area contributed by atoms with Crippen molar-refractivity contribution in [2.45, 2.75) is 19.5 Å². The number of nitrogens with one attached hydrogen (secondary N) is 1. The van der Waals surface area contributed by atoms with E-state index in [0.29, 0.717) is 17.9 Å². The van der Waals surface area contributed by atoms with E-state index in [1.807, 2.05) is 19.1 Å². The highest BCUT2D eigenvalue weighted by Gasteiger charge is 2.07. The number of nitriles is 1. The number of nitrogens with zero attached hydrogens (tertiary/aromatic N) is 1. The molecule has 1 atom stereocenters. The van der Waals surface area contributed by atoms with Crippen LogP contribution in [0.1, 0.15) is 29.7 Å². The summed E-state index contributed by atoms with van der Waals surface area (Å²) in [5.74, 6) is 0.330. The second kappa shape index (κ2) is 6.87. The quantitative estimate of drug-likeness (QED) is 0.913. The Bertz CT molecular complexity index is 664. The predicted molar refractivity (Wildman–Crippen MR) is 79.4 cm³/mol. The van der Waals surface area contributed by atoms with Crippen molar-refractivity contribution in [2.24, 2.45) is 0 Å². The summed E-state index contributed by atoms with van der Waals surface area (Å²) in [6, 6.07) is 14.1. The lowest BCUT2D eigenvalue weighted by molar-refractivity contribution is 0.413. The maximum Gasteiger partial charge on any atom is 0.136 e. The average molecular weight is 284 g/mol. The van der Waals surface area contributed by atoms with E-state index >= 15 is 0 Å². The summed E-state index contributed by atoms with van der Waals surface area (Å²) in [7, 11) is 1.54. The van der Waals surface area contributed by atoms with E-state index in [0.717, 1.165) is 11.1 Å². The third-order valence-corrected chi connectivity index (χ3v) is 3.35. The van der Waals surface area contributed by atoms with Crippen LogP contribution in [0.15, 0.2) is 42.5 Å². The highest BCUT2D eigenvalue weighted by Crippen LogP contribution is 2.20. The van der Waals surface area contributed by atoms with Crippen LogP contribution in [-0.2, 0) is 6.54 Å². The third-order valence-electron chi connectivity index (χ3n) is 3.35. The molecule has 0 aliphatic rings. The standard InChI is InChI=1S/C17H17FN2O/c1-12(14-4-3-5-16(18)9-14)20-11-13-6-7-17(21-2)15(8-13)10-19/h3-9,12,20H,11H2,1-2H3. The van der Waals surface area contributed by atoms with Crippen molar-refractivity contribution in [3.8, 4) is 11.8 Å². The summed E-state index contributed by atoms with van der Waals surface area (Å²) in [6.45, 7) is 2.57. The molecule has 0 spiro atoms. The molecular weight excluding hydrogens is 267 g/mol. The van der Waals surface area contributed by atoms with E-state index in [9.17, 15) is 4.39 Å². The van der Waals surface area contributed by atoms with Crippen molar-refractivity contribution in [2.75, 3.05) is 7.11 Å². The first-order valence-corrected chi connectivity index (χ1v) is 6.70. The van der Waals surface area contributed by atoms with Gasteiger partial charge in [0, 0.05) is 12.6 Å². The van der Waals surface area contributed by atoms with E-state index in [4.69, 9.17) is 10.00 Å². The molecular formula is C17H17FN2O. The van der Waals surface area contributed by atoms with Crippen LogP contribution >= 0.6 is 0 Å². The molecule has 3 nitrogen and oxygen atoms in total. The van der Waals surface area contributed by atoms with Crippen LogP contribution in [0.2, 0.25) is 0 Å². The molecule has 2 rings (SSSR count). The monoisotopic (exact) mass is 284 g/mol. The van der Waals surface area contributed by atoms with E-state index in [-0.39, 0.29) is 11.9 Å². The number of rotatable bonds is 5. The van der Waals surface area contributed by atoms with Gasteiger partial charge >= 0.3 is 0 Å². The largest absolute Gasteiger partial charge is 0.495 e. The van der Waals surface area contributed by atoms with Gasteiger partial charge in [-0.15, -0.1) is 0 Å². The number of methoxy groups -OCH3 is 1. The fraction of sp³-hybridized carbons (Fsp3) is 0.235. The molecule has 0 aliphatic carbocycles. The predicted octanol–water partition coefficient (Wildman–Crippen LogP) is 3.56. The molecule has 0 aliphatic heterocycles. The average Bonchev–Trinajstić information content (AvgIpc) is 2.52. The van der Waals surface area contributed by atoms with Gasteiger partial charge in [-0.2, -0.15) is 5.26 Å². The molecule has 108 valence electrons. The molecule has 0 radical (unpaired) electrons. The number of hydrogen-bond acceptors (Lipinski definition) is 3. The lowest BCUT2D eigenvalue weighted by Crippen LogP contribution is -2.18. The molecule has 21 heavy (non-hydrogen) atoms. The molecule has 0 saturated carbocycles. The summed E-state index contributed by atoms with van der Waals surface area (Å²) in [5.41, 5.74) is 2.38. The van der Waals surface area contributed by atoms with Crippen LogP contribution in [0, 0.1) is 17.1 Å². The van der Waals surface area contributed by atoms with Crippen LogP contribution in [0.25, 0.3) is 0 Å². The fourth-order valence-corrected chi connectivity index (χ4v) is 2.12. The molecule has 2 aromatic carbocycles. The summed E-state index contributed by atoms with van der Waals surface area (Å²) in [4.78, 5) is 0. The molecule has 0 amide bonds. The molecule has 0 bridgehead atoms. The van der Waals surface area contributed by atoms with Gasteiger partial charge in [-0.1, -0.05) is 18.2 Å². The Morgan fingerprint density at radius 1 is 1.29 bits per heavy atom. The van der Waals surface area contributed by atoms with Crippen LogP contribution in [0.3, 0.4) is 0 Å². The maximum absolute atomic E-state index is 13.2. The van der Waals surface area contributed by atoms with Crippen LogP contribution in [0.5, 0.6) is 5.75 Å². The van der Waals surface area contributed by atoms with Crippen LogP contribution in [0.4, 0.5) is 4.39 Å². The molecule has 4 heteroatoms. The molecule has 1 N–H and O–H groups in total. The Balaban J connectivity index is 2.05. The Morgan fingerprint density at radius 2 is 2.10 bits per heavy atom. The molecule has 0 aromatic heterocycles. The summed E-state index contributed by atoms with van der Waals surface area (Å²) in [6.07, 6.45) is 0. The van der Waals surface area contributed by atoms with Gasteiger partial charge in [0.05, 0.1) is 12.7 Å². The topological polar surface area (TPSA) is 45.0 Å². The fourth-order valence-electron chi connectivity index (χ4n) is 2.12. The minimum atomic E-state index is -0.239. The van der Waals surface area contributed by atoms with Crippen molar-refractivity contribution < 1.29 is 9.13 Å². The van der Waals surface area contributed by atoms with Crippen molar-refractivity contribution in [3.05, 3.63) is 65.0 Å². The van der Waals surface area contributed by atoms with Gasteiger partial charge in [0.15, 0.2) is 0 Å². The first-order valence-electron chi connectivity index (χ1n) is 6.70. The van der Waals surface area contributed by atoms with E-state index in [1.165, 1.54) is 12.1 Å². The second-order valence-electron chi connectivity index (χ2n) is 4.80. The third kappa shape index (κ3) is 3.80. The van der Waals surface area contributed by atoms with Gasteiger partial charge in [0.2, 0.25) is 0 Å². The second-order valence-corrected chi connectivity index (χ2v) is 4.80. The van der Waals surface area contributed by atoms with Gasteiger partial charge in [0.1, 0.15) is 17.6 Å². The van der Waals surface area contributed by atoms with Crippen molar-refractivity contribution in [3.63, 3.8) is 0 Å². The molecule has 0 fully saturated rings. The number of benzene rings is 2. The lowest BCUT2D eigenvalue weighted by Gasteiger charge is -2.15. The van der Waals surface area contributed by atoms with Gasteiger partial charge in [0.25, 0.3) is 0 Å². The van der Waals surface area contributed by atoms with Crippen LogP contribution in [-0.4, -0.2) is 7.11 Å². The summed E-state index contributed by atoms with van der Waals surface area (Å²) >= 11 is 0. The zero-order valence-corrected chi connectivity index (χ0v) is 12.1. The number of ether oxygens (including phenoxy) is 1. The smallest absolute Gasteiger partial charge is 0.136 e. The van der Waals surface area contributed by atoms with Gasteiger partial charge < -0.3 is 10.1 Å². The maximum atomic E-state index is 13.2. The minimum absolute atomic E-state index is 0.0216. The Kier molecular flexibility index (Phi) is 4.91. The molecule has 1 unspecified atom stereocenters. The van der Waals surface area contributed by atoms with E-state index < -0.39 is 0 Å². The van der Waals surface area contributed by atoms with Gasteiger partial charge in [-0.25, -0.2) is 4.39 Å². The minimum Gasteiger partial charge on any atom is -0.495 e. The zero-order chi connectivity index (χ0) is 15.2. The Hall–Kier alpha value is -2.38. The Morgan fingerprint density at radius 3 is 2.76 bits per heavy atom. The van der Waals surface area contributed by atoms with Crippen molar-refractivity contribution >= 4 is 0 Å². The highest BCUT2D eigenvalue weighted by molar-refractivity contribution is 5.45. The molecule has 2 aromatic rings. The number of halogens is 1. The number of hydrogen-bond donors (Lipinski definition) is 1. The van der Waals surface area contributed by atoms with Crippen molar-refractivity contribution in [1.82, 2.24) is 5.32 Å². The molecule has 0 saturated heterocycles.